The lowest BCUT2D eigenvalue weighted by Crippen LogP contribution is -1.89. The van der Waals surface area contributed by atoms with E-state index >= 15 is 0 Å². The van der Waals surface area contributed by atoms with E-state index in [1.54, 1.807) is 12.1 Å². The summed E-state index contributed by atoms with van der Waals surface area (Å²) < 4.78 is 12.9. The maximum atomic E-state index is 12.9. The van der Waals surface area contributed by atoms with Gasteiger partial charge in [0.15, 0.2) is 0 Å². The largest absolute Gasteiger partial charge is 0.385 e. The molecule has 0 spiro atoms. The number of halogens is 1. The van der Waals surface area contributed by atoms with Gasteiger partial charge in [-0.25, -0.2) is 4.39 Å². The fourth-order valence-corrected chi connectivity index (χ4v) is 1.33. The highest BCUT2D eigenvalue weighted by Gasteiger charge is 2.23. The first-order valence-electron chi connectivity index (χ1n) is 4.08. The van der Waals surface area contributed by atoms with Gasteiger partial charge in [0.05, 0.1) is 0 Å². The minimum absolute atomic E-state index is 0.291. The minimum Gasteiger partial charge on any atom is -0.385 e. The molecule has 0 aliphatic heterocycles. The number of hydrogen-bond acceptors (Lipinski definition) is 1. The van der Waals surface area contributed by atoms with Crippen LogP contribution in [0.2, 0.25) is 0 Å². The molecule has 0 saturated heterocycles. The van der Waals surface area contributed by atoms with Crippen LogP contribution in [0.25, 0.3) is 0 Å². The summed E-state index contributed by atoms with van der Waals surface area (Å²) in [7, 11) is 0. The smallest absolute Gasteiger partial charge is 0.129 e. The summed E-state index contributed by atoms with van der Waals surface area (Å²) >= 11 is 0. The summed E-state index contributed by atoms with van der Waals surface area (Å²) in [5.74, 6) is 0.242. The lowest BCUT2D eigenvalue weighted by atomic mass is 10.1. The Morgan fingerprint density at radius 1 is 1.42 bits per heavy atom. The summed E-state index contributed by atoms with van der Waals surface area (Å²) in [6.45, 7) is 0.821. The Morgan fingerprint density at radius 3 is 2.75 bits per heavy atom. The van der Waals surface area contributed by atoms with E-state index in [4.69, 9.17) is 5.11 Å². The third-order valence-corrected chi connectivity index (χ3v) is 2.21. The van der Waals surface area contributed by atoms with Gasteiger partial charge in [-0.3, -0.25) is 0 Å². The molecule has 1 aliphatic carbocycles. The summed E-state index contributed by atoms with van der Waals surface area (Å²) in [4.78, 5) is 0. The maximum absolute atomic E-state index is 12.9. The quantitative estimate of drug-likeness (QED) is 0.714. The predicted molar refractivity (Wildman–Crippen MR) is 43.7 cm³/mol. The van der Waals surface area contributed by atoms with Crippen LogP contribution in [0.4, 0.5) is 4.39 Å². The van der Waals surface area contributed by atoms with Crippen molar-refractivity contribution >= 4 is 0 Å². The Morgan fingerprint density at radius 2 is 2.17 bits per heavy atom. The first-order chi connectivity index (χ1) is 5.81. The molecule has 2 rings (SSSR count). The van der Waals surface area contributed by atoms with Gasteiger partial charge in [0.1, 0.15) is 12.4 Å². The van der Waals surface area contributed by atoms with Crippen molar-refractivity contribution in [3.8, 4) is 0 Å². The molecule has 0 unspecified atom stereocenters. The van der Waals surface area contributed by atoms with Gasteiger partial charge in [-0.2, -0.15) is 0 Å². The van der Waals surface area contributed by atoms with Crippen LogP contribution in [0, 0.1) is 12.4 Å². The number of aliphatic hydroxyl groups excluding tert-OH is 1. The molecule has 1 aromatic rings. The maximum Gasteiger partial charge on any atom is 0.129 e. The molecule has 1 aromatic carbocycles. The number of rotatable bonds is 2. The van der Waals surface area contributed by atoms with Crippen LogP contribution < -0.4 is 0 Å². The van der Waals surface area contributed by atoms with Crippen LogP contribution >= 0.6 is 0 Å². The molecular weight excluding hydrogens is 155 g/mol. The van der Waals surface area contributed by atoms with Crippen molar-refractivity contribution in [2.75, 3.05) is 0 Å². The third kappa shape index (κ3) is 1.34. The Balaban J connectivity index is 2.33. The second-order valence-corrected chi connectivity index (χ2v) is 3.18. The molecule has 1 aliphatic rings. The standard InChI is InChI=1S/C10H10FO/c11-10-4-3-8(7-1-2-7)5-9(10)6-12/h3-7,12H,1-2H2. The van der Waals surface area contributed by atoms with Gasteiger partial charge >= 0.3 is 0 Å². The molecule has 2 heteroatoms. The molecule has 1 N–H and O–H groups in total. The molecule has 12 heavy (non-hydrogen) atoms. The van der Waals surface area contributed by atoms with Crippen LogP contribution in [0.15, 0.2) is 18.2 Å². The number of aliphatic hydroxyl groups is 1. The van der Waals surface area contributed by atoms with Crippen molar-refractivity contribution in [2.45, 2.75) is 18.8 Å². The topological polar surface area (TPSA) is 20.2 Å². The molecule has 0 bridgehead atoms. The average molecular weight is 165 g/mol. The van der Waals surface area contributed by atoms with Crippen molar-refractivity contribution < 1.29 is 9.50 Å². The molecule has 0 heterocycles. The van der Waals surface area contributed by atoms with E-state index in [0.29, 0.717) is 11.5 Å². The van der Waals surface area contributed by atoms with E-state index in [9.17, 15) is 4.39 Å². The Kier molecular flexibility index (Phi) is 1.85. The Hall–Kier alpha value is -0.890. The molecule has 1 nitrogen and oxygen atoms in total. The highest BCUT2D eigenvalue weighted by Crippen LogP contribution is 2.40. The van der Waals surface area contributed by atoms with E-state index in [0.717, 1.165) is 12.2 Å². The lowest BCUT2D eigenvalue weighted by molar-refractivity contribution is 0.407. The van der Waals surface area contributed by atoms with Gasteiger partial charge in [-0.15, -0.1) is 0 Å². The molecule has 63 valence electrons. The zero-order chi connectivity index (χ0) is 8.55. The first kappa shape index (κ1) is 7.74. The van der Waals surface area contributed by atoms with E-state index in [1.807, 2.05) is 0 Å². The molecule has 0 aromatic heterocycles. The normalized spacial score (nSPS) is 16.5. The fourth-order valence-electron chi connectivity index (χ4n) is 1.33. The fraction of sp³-hybridized carbons (Fsp3) is 0.300. The second kappa shape index (κ2) is 2.87. The molecule has 1 radical (unpaired) electrons. The second-order valence-electron chi connectivity index (χ2n) is 3.18. The van der Waals surface area contributed by atoms with Gasteiger partial charge in [0, 0.05) is 5.56 Å². The van der Waals surface area contributed by atoms with Gasteiger partial charge in [-0.1, -0.05) is 6.07 Å². The molecule has 0 amide bonds. The molecular formula is C10H10FO. The molecule has 1 saturated carbocycles. The lowest BCUT2D eigenvalue weighted by Gasteiger charge is -2.01. The van der Waals surface area contributed by atoms with Crippen molar-refractivity contribution in [3.05, 3.63) is 41.8 Å². The van der Waals surface area contributed by atoms with E-state index in [1.165, 1.54) is 18.9 Å². The first-order valence-corrected chi connectivity index (χ1v) is 4.08. The van der Waals surface area contributed by atoms with Crippen molar-refractivity contribution in [1.82, 2.24) is 0 Å². The van der Waals surface area contributed by atoms with Crippen LogP contribution in [0.3, 0.4) is 0 Å². The van der Waals surface area contributed by atoms with Crippen molar-refractivity contribution in [2.24, 2.45) is 0 Å². The van der Waals surface area contributed by atoms with Crippen LogP contribution in [0.1, 0.15) is 29.9 Å². The average Bonchev–Trinajstić information content (AvgIpc) is 2.88. The third-order valence-electron chi connectivity index (χ3n) is 2.21. The van der Waals surface area contributed by atoms with E-state index in [2.05, 4.69) is 0 Å². The van der Waals surface area contributed by atoms with E-state index < -0.39 is 0 Å². The van der Waals surface area contributed by atoms with Gasteiger partial charge < -0.3 is 5.11 Å². The summed E-state index contributed by atoms with van der Waals surface area (Å²) in [5.41, 5.74) is 1.43. The van der Waals surface area contributed by atoms with Gasteiger partial charge in [-0.05, 0) is 36.5 Å². The minimum atomic E-state index is -0.359. The van der Waals surface area contributed by atoms with Crippen LogP contribution in [0.5, 0.6) is 0 Å². The highest BCUT2D eigenvalue weighted by molar-refractivity contribution is 5.32. The predicted octanol–water partition coefficient (Wildman–Crippen LogP) is 2.59. The summed E-state index contributed by atoms with van der Waals surface area (Å²) in [5, 5.41) is 8.68. The van der Waals surface area contributed by atoms with E-state index in [-0.39, 0.29) is 5.82 Å². The highest BCUT2D eigenvalue weighted by atomic mass is 19.1. The number of hydrogen-bond donors (Lipinski definition) is 1. The zero-order valence-corrected chi connectivity index (χ0v) is 6.63. The monoisotopic (exact) mass is 165 g/mol. The van der Waals surface area contributed by atoms with Crippen molar-refractivity contribution in [1.29, 1.82) is 0 Å². The van der Waals surface area contributed by atoms with Gasteiger partial charge in [0.2, 0.25) is 0 Å². The Bertz CT molecular complexity index is 292. The summed E-state index contributed by atoms with van der Waals surface area (Å²) in [6, 6.07) is 4.92. The number of benzene rings is 1. The summed E-state index contributed by atoms with van der Waals surface area (Å²) in [6.07, 6.45) is 2.38. The zero-order valence-electron chi connectivity index (χ0n) is 6.63. The van der Waals surface area contributed by atoms with Crippen molar-refractivity contribution in [3.63, 3.8) is 0 Å². The van der Waals surface area contributed by atoms with Crippen LogP contribution in [-0.2, 0) is 0 Å². The molecule has 0 atom stereocenters. The Labute approximate surface area is 70.8 Å². The SMILES string of the molecule is O[CH]c1cc(C2CC2)ccc1F. The van der Waals surface area contributed by atoms with Crippen LogP contribution in [-0.4, -0.2) is 5.11 Å². The molecule has 1 fully saturated rings. The van der Waals surface area contributed by atoms with Gasteiger partial charge in [0.25, 0.3) is 0 Å².